The smallest absolute Gasteiger partial charge is 0.179 e. The van der Waals surface area contributed by atoms with Crippen LogP contribution >= 0.6 is 0 Å². The highest BCUT2D eigenvalue weighted by Gasteiger charge is 2.19. The Hall–Kier alpha value is -3.93. The van der Waals surface area contributed by atoms with E-state index in [1.807, 2.05) is 42.2 Å². The number of hydrogen-bond donors (Lipinski definition) is 4. The van der Waals surface area contributed by atoms with Crippen molar-refractivity contribution in [1.29, 1.82) is 5.26 Å². The maximum atomic E-state index is 12.9. The number of rotatable bonds is 18. The van der Waals surface area contributed by atoms with Gasteiger partial charge in [0.15, 0.2) is 21.5 Å². The molecule has 3 aromatic rings. The number of aromatic nitrogens is 1. The summed E-state index contributed by atoms with van der Waals surface area (Å²) in [6, 6.07) is 17.7. The number of anilines is 3. The molecule has 0 atom stereocenters. The molecule has 0 radical (unpaired) electrons. The fraction of sp³-hybridized carbons (Fsp3) is 0.400. The molecular formula is C30H39N7O5S. The van der Waals surface area contributed by atoms with Crippen LogP contribution in [0.3, 0.4) is 0 Å². The van der Waals surface area contributed by atoms with Crippen LogP contribution in [0.4, 0.5) is 28.7 Å². The van der Waals surface area contributed by atoms with Crippen LogP contribution in [-0.4, -0.2) is 86.9 Å². The SMILES string of the molecule is CCCN(CCO)CCS(=O)(=O)c1ccc(N=Nc2c(NCCOCCO)nc(Nc3ccccc3)c(C#N)c2C)cc1. The summed E-state index contributed by atoms with van der Waals surface area (Å²) in [5, 5.41) is 43.2. The Balaban J connectivity index is 1.85. The minimum Gasteiger partial charge on any atom is -0.395 e. The Morgan fingerprint density at radius 3 is 2.37 bits per heavy atom. The van der Waals surface area contributed by atoms with Gasteiger partial charge in [0.05, 0.1) is 48.3 Å². The van der Waals surface area contributed by atoms with Gasteiger partial charge in [-0.2, -0.15) is 10.4 Å². The Morgan fingerprint density at radius 1 is 0.977 bits per heavy atom. The van der Waals surface area contributed by atoms with Crippen LogP contribution in [0.1, 0.15) is 24.5 Å². The number of sulfone groups is 1. The number of ether oxygens (including phenoxy) is 1. The third-order valence-corrected chi connectivity index (χ3v) is 8.14. The first-order valence-corrected chi connectivity index (χ1v) is 15.7. The first kappa shape index (κ1) is 33.6. The molecule has 0 unspecified atom stereocenters. The third kappa shape index (κ3) is 10.1. The number of aliphatic hydroxyl groups excluding tert-OH is 2. The number of benzene rings is 2. The van der Waals surface area contributed by atoms with Crippen LogP contribution in [-0.2, 0) is 14.6 Å². The quantitative estimate of drug-likeness (QED) is 0.120. The van der Waals surface area contributed by atoms with Gasteiger partial charge >= 0.3 is 0 Å². The van der Waals surface area contributed by atoms with Gasteiger partial charge in [-0.05, 0) is 56.3 Å². The van der Waals surface area contributed by atoms with E-state index in [0.29, 0.717) is 66.9 Å². The molecule has 230 valence electrons. The average Bonchev–Trinajstić information content (AvgIpc) is 3.00. The number of pyridine rings is 1. The van der Waals surface area contributed by atoms with Crippen LogP contribution in [0.15, 0.2) is 69.7 Å². The van der Waals surface area contributed by atoms with Gasteiger partial charge in [0.2, 0.25) is 0 Å². The lowest BCUT2D eigenvalue weighted by Crippen LogP contribution is -2.32. The van der Waals surface area contributed by atoms with Gasteiger partial charge in [-0.3, -0.25) is 0 Å². The predicted molar refractivity (Wildman–Crippen MR) is 166 cm³/mol. The molecule has 3 rings (SSSR count). The normalized spacial score (nSPS) is 11.6. The van der Waals surface area contributed by atoms with Gasteiger partial charge in [0.25, 0.3) is 0 Å². The first-order valence-electron chi connectivity index (χ1n) is 14.1. The minimum atomic E-state index is -3.53. The van der Waals surface area contributed by atoms with Crippen molar-refractivity contribution in [1.82, 2.24) is 9.88 Å². The first-order chi connectivity index (χ1) is 20.8. The van der Waals surface area contributed by atoms with Crippen LogP contribution in [0.2, 0.25) is 0 Å². The summed E-state index contributed by atoms with van der Waals surface area (Å²) in [6.45, 7) is 6.03. The molecule has 1 aromatic heterocycles. The summed E-state index contributed by atoms with van der Waals surface area (Å²) in [5.41, 5.74) is 2.40. The molecule has 0 aliphatic carbocycles. The lowest BCUT2D eigenvalue weighted by Gasteiger charge is -2.20. The number of hydrogen-bond acceptors (Lipinski definition) is 12. The molecule has 0 amide bonds. The van der Waals surface area contributed by atoms with Crippen molar-refractivity contribution in [3.05, 3.63) is 65.7 Å². The van der Waals surface area contributed by atoms with Gasteiger partial charge in [-0.15, -0.1) is 5.11 Å². The van der Waals surface area contributed by atoms with Crippen LogP contribution in [0.25, 0.3) is 0 Å². The molecule has 0 saturated carbocycles. The highest BCUT2D eigenvalue weighted by atomic mass is 32.2. The van der Waals surface area contributed by atoms with E-state index in [-0.39, 0.29) is 30.5 Å². The van der Waals surface area contributed by atoms with Crippen molar-refractivity contribution in [2.75, 3.05) is 69.0 Å². The summed E-state index contributed by atoms with van der Waals surface area (Å²) in [6.07, 6.45) is 0.867. The lowest BCUT2D eigenvalue weighted by atomic mass is 10.1. The average molecular weight is 610 g/mol. The topological polar surface area (TPSA) is 173 Å². The molecule has 0 aliphatic rings. The lowest BCUT2D eigenvalue weighted by molar-refractivity contribution is 0.0992. The molecule has 1 heterocycles. The van der Waals surface area contributed by atoms with Crippen molar-refractivity contribution in [2.24, 2.45) is 10.2 Å². The van der Waals surface area contributed by atoms with Crippen LogP contribution in [0.5, 0.6) is 0 Å². The highest BCUT2D eigenvalue weighted by molar-refractivity contribution is 7.91. The summed E-state index contributed by atoms with van der Waals surface area (Å²) < 4.78 is 31.2. The zero-order valence-corrected chi connectivity index (χ0v) is 25.3. The van der Waals surface area contributed by atoms with E-state index in [0.717, 1.165) is 12.1 Å². The summed E-state index contributed by atoms with van der Waals surface area (Å²) >= 11 is 0. The van der Waals surface area contributed by atoms with Gasteiger partial charge < -0.3 is 30.5 Å². The highest BCUT2D eigenvalue weighted by Crippen LogP contribution is 2.35. The van der Waals surface area contributed by atoms with Crippen molar-refractivity contribution >= 4 is 38.5 Å². The largest absolute Gasteiger partial charge is 0.395 e. The van der Waals surface area contributed by atoms with E-state index < -0.39 is 9.84 Å². The molecule has 43 heavy (non-hydrogen) atoms. The standard InChI is InChI=1S/C30H39N7O5S/c1-3-14-37(15-17-38)16-21-43(40,41)26-11-9-25(10-12-26)35-36-28-23(2)27(22-31)29(33-24-7-5-4-6-8-24)34-30(28)32-13-19-42-20-18-39/h4-12,38-39H,3,13-21H2,1-2H3,(H2,32,33,34). The second-order valence-electron chi connectivity index (χ2n) is 9.60. The van der Waals surface area contributed by atoms with Gasteiger partial charge in [0.1, 0.15) is 11.8 Å². The minimum absolute atomic E-state index is 0.0222. The van der Waals surface area contributed by atoms with E-state index >= 15 is 0 Å². The second-order valence-corrected chi connectivity index (χ2v) is 11.7. The summed E-state index contributed by atoms with van der Waals surface area (Å²) in [7, 11) is -3.53. The molecule has 0 bridgehead atoms. The number of nitrogens with one attached hydrogen (secondary N) is 2. The maximum Gasteiger partial charge on any atom is 0.179 e. The molecule has 0 spiro atoms. The number of nitriles is 1. The fourth-order valence-corrected chi connectivity index (χ4v) is 5.51. The Bertz CT molecular complexity index is 1470. The van der Waals surface area contributed by atoms with Crippen LogP contribution in [0, 0.1) is 18.3 Å². The zero-order valence-electron chi connectivity index (χ0n) is 24.5. The number of nitrogens with zero attached hydrogens (tertiary/aromatic N) is 5. The number of para-hydroxylation sites is 1. The second kappa shape index (κ2) is 17.3. The number of azo groups is 1. The Morgan fingerprint density at radius 2 is 1.72 bits per heavy atom. The molecule has 13 heteroatoms. The molecule has 0 saturated heterocycles. The van der Waals surface area contributed by atoms with E-state index in [1.54, 1.807) is 19.1 Å². The zero-order chi connectivity index (χ0) is 31.1. The monoisotopic (exact) mass is 609 g/mol. The van der Waals surface area contributed by atoms with Crippen molar-refractivity contribution in [2.45, 2.75) is 25.2 Å². The fourth-order valence-electron chi connectivity index (χ4n) is 4.22. The van der Waals surface area contributed by atoms with E-state index in [4.69, 9.17) is 9.84 Å². The summed E-state index contributed by atoms with van der Waals surface area (Å²) in [5.74, 6) is 0.677. The molecule has 0 aliphatic heterocycles. The van der Waals surface area contributed by atoms with E-state index in [2.05, 4.69) is 31.9 Å². The van der Waals surface area contributed by atoms with E-state index in [1.165, 1.54) is 12.1 Å². The maximum absolute atomic E-state index is 12.9. The molecular weight excluding hydrogens is 570 g/mol. The molecule has 4 N–H and O–H groups in total. The van der Waals surface area contributed by atoms with E-state index in [9.17, 15) is 18.8 Å². The van der Waals surface area contributed by atoms with Crippen molar-refractivity contribution in [3.8, 4) is 6.07 Å². The van der Waals surface area contributed by atoms with Crippen molar-refractivity contribution in [3.63, 3.8) is 0 Å². The molecule has 2 aromatic carbocycles. The Kier molecular flexibility index (Phi) is 13.5. The van der Waals surface area contributed by atoms with Gasteiger partial charge in [-0.1, -0.05) is 25.1 Å². The van der Waals surface area contributed by atoms with Gasteiger partial charge in [0, 0.05) is 30.9 Å². The molecule has 12 nitrogen and oxygen atoms in total. The third-order valence-electron chi connectivity index (χ3n) is 6.43. The summed E-state index contributed by atoms with van der Waals surface area (Å²) in [4.78, 5) is 6.74. The Labute approximate surface area is 253 Å². The number of aliphatic hydroxyl groups is 2. The predicted octanol–water partition coefficient (Wildman–Crippen LogP) is 4.32. The van der Waals surface area contributed by atoms with Crippen LogP contribution < -0.4 is 10.6 Å². The van der Waals surface area contributed by atoms with Gasteiger partial charge in [-0.25, -0.2) is 13.4 Å². The molecule has 0 fully saturated rings. The van der Waals surface area contributed by atoms with Crippen molar-refractivity contribution < 1.29 is 23.4 Å².